The van der Waals surface area contributed by atoms with E-state index in [9.17, 15) is 43.5 Å². The molecule has 0 aromatic rings. The van der Waals surface area contributed by atoms with Crippen LogP contribution in [0.4, 0.5) is 35.1 Å². The summed E-state index contributed by atoms with van der Waals surface area (Å²) >= 11 is 0. The topological polar surface area (TPSA) is 37.4 Å². The maximum absolute atomic E-state index is 14.0. The Morgan fingerprint density at radius 2 is 1.40 bits per heavy atom. The highest BCUT2D eigenvalue weighted by atomic mass is 32.2. The van der Waals surface area contributed by atoms with Gasteiger partial charge in [0.2, 0.25) is 0 Å². The lowest BCUT2D eigenvalue weighted by atomic mass is 9.79. The second kappa shape index (κ2) is 6.50. The summed E-state index contributed by atoms with van der Waals surface area (Å²) in [6.45, 7) is -0.532. The first kappa shape index (κ1) is 20.7. The molecule has 2 aliphatic rings. The Labute approximate surface area is 139 Å². The number of fused-ring (bicyclic) bond motifs is 1. The molecule has 1 saturated carbocycles. The van der Waals surface area contributed by atoms with Crippen molar-refractivity contribution in [2.75, 3.05) is 6.54 Å². The van der Waals surface area contributed by atoms with Crippen molar-refractivity contribution in [3.8, 4) is 0 Å². The summed E-state index contributed by atoms with van der Waals surface area (Å²) in [5, 5.41) is -6.36. The van der Waals surface area contributed by atoms with Crippen molar-refractivity contribution in [3.05, 3.63) is 0 Å². The van der Waals surface area contributed by atoms with Gasteiger partial charge in [0.05, 0.1) is 0 Å². The lowest BCUT2D eigenvalue weighted by molar-refractivity contribution is -0.315. The van der Waals surface area contributed by atoms with Crippen molar-refractivity contribution in [2.24, 2.45) is 5.92 Å². The molecule has 2 rings (SSSR count). The molecule has 0 amide bonds. The van der Waals surface area contributed by atoms with Gasteiger partial charge < -0.3 is 0 Å². The van der Waals surface area contributed by atoms with Crippen LogP contribution in [0.25, 0.3) is 0 Å². The van der Waals surface area contributed by atoms with Gasteiger partial charge in [0.1, 0.15) is 0 Å². The molecule has 2 atom stereocenters. The fourth-order valence-corrected chi connectivity index (χ4v) is 5.28. The molecule has 12 heteroatoms. The van der Waals surface area contributed by atoms with Gasteiger partial charge in [-0.25, -0.2) is 17.2 Å². The molecule has 0 bridgehead atoms. The Morgan fingerprint density at radius 1 is 0.880 bits per heavy atom. The van der Waals surface area contributed by atoms with Crippen molar-refractivity contribution >= 4 is 10.0 Å². The Kier molecular flexibility index (Phi) is 5.37. The van der Waals surface area contributed by atoms with E-state index in [1.54, 1.807) is 0 Å². The van der Waals surface area contributed by atoms with Crippen LogP contribution in [0.1, 0.15) is 38.5 Å². The van der Waals surface area contributed by atoms with Crippen molar-refractivity contribution in [2.45, 2.75) is 68.1 Å². The molecule has 0 radical (unpaired) electrons. The van der Waals surface area contributed by atoms with Crippen LogP contribution < -0.4 is 0 Å². The second-order valence-electron chi connectivity index (χ2n) is 6.38. The van der Waals surface area contributed by atoms with E-state index in [0.717, 1.165) is 0 Å². The van der Waals surface area contributed by atoms with Gasteiger partial charge in [-0.15, -0.1) is 0 Å². The summed E-state index contributed by atoms with van der Waals surface area (Å²) in [5.41, 5.74) is 0. The van der Waals surface area contributed by atoms with Crippen LogP contribution in [-0.4, -0.2) is 48.8 Å². The Morgan fingerprint density at radius 3 is 1.96 bits per heavy atom. The third kappa shape index (κ3) is 3.02. The van der Waals surface area contributed by atoms with Gasteiger partial charge in [-0.05, 0) is 31.6 Å². The fraction of sp³-hybridized carbons (Fsp3) is 1.00. The first-order valence-electron chi connectivity index (χ1n) is 7.71. The van der Waals surface area contributed by atoms with Crippen molar-refractivity contribution < 1.29 is 43.5 Å². The first-order valence-corrected chi connectivity index (χ1v) is 9.15. The van der Waals surface area contributed by atoms with Gasteiger partial charge in [-0.1, -0.05) is 12.8 Å². The molecule has 0 aromatic heterocycles. The lowest BCUT2D eigenvalue weighted by Gasteiger charge is -2.45. The third-order valence-electron chi connectivity index (χ3n) is 4.88. The average Bonchev–Trinajstić information content (AvgIpc) is 2.53. The summed E-state index contributed by atoms with van der Waals surface area (Å²) < 4.78 is 130. The zero-order valence-corrected chi connectivity index (χ0v) is 13.7. The minimum atomic E-state index is -6.76. The number of halogens is 8. The molecule has 1 aliphatic heterocycles. The molecule has 1 heterocycles. The minimum absolute atomic E-state index is 0.104. The van der Waals surface area contributed by atoms with Crippen LogP contribution in [0.3, 0.4) is 0 Å². The summed E-state index contributed by atoms with van der Waals surface area (Å²) in [5.74, 6) is -13.6. The van der Waals surface area contributed by atoms with Crippen LogP contribution in [0.15, 0.2) is 0 Å². The van der Waals surface area contributed by atoms with Crippen molar-refractivity contribution in [1.82, 2.24) is 4.31 Å². The normalized spacial score (nSPS) is 27.4. The van der Waals surface area contributed by atoms with E-state index in [1.807, 2.05) is 0 Å². The van der Waals surface area contributed by atoms with Gasteiger partial charge in [0.15, 0.2) is 0 Å². The smallest absolute Gasteiger partial charge is 0.206 e. The highest BCUT2D eigenvalue weighted by molar-refractivity contribution is 7.90. The number of nitrogens with zero attached hydrogens (tertiary/aromatic N) is 1. The molecule has 2 fully saturated rings. The zero-order valence-electron chi connectivity index (χ0n) is 12.9. The van der Waals surface area contributed by atoms with E-state index < -0.39 is 46.1 Å². The van der Waals surface area contributed by atoms with Crippen LogP contribution in [0.5, 0.6) is 0 Å². The zero-order chi connectivity index (χ0) is 19.3. The molecule has 0 spiro atoms. The highest BCUT2D eigenvalue weighted by Gasteiger charge is 2.81. The van der Waals surface area contributed by atoms with Crippen molar-refractivity contribution in [1.29, 1.82) is 0 Å². The number of hydrogen-bond acceptors (Lipinski definition) is 2. The molecule has 1 saturated heterocycles. The molecule has 3 nitrogen and oxygen atoms in total. The average molecular weight is 403 g/mol. The molecule has 2 unspecified atom stereocenters. The third-order valence-corrected chi connectivity index (χ3v) is 6.86. The van der Waals surface area contributed by atoms with E-state index in [0.29, 0.717) is 25.7 Å². The van der Waals surface area contributed by atoms with Crippen LogP contribution >= 0.6 is 0 Å². The van der Waals surface area contributed by atoms with E-state index >= 15 is 0 Å². The van der Waals surface area contributed by atoms with Crippen LogP contribution in [0, 0.1) is 5.92 Å². The van der Waals surface area contributed by atoms with Gasteiger partial charge in [-0.3, -0.25) is 0 Å². The van der Waals surface area contributed by atoms with E-state index in [4.69, 9.17) is 0 Å². The summed E-state index contributed by atoms with van der Waals surface area (Å²) in [4.78, 5) is 0. The number of alkyl halides is 8. The van der Waals surface area contributed by atoms with Gasteiger partial charge in [-0.2, -0.15) is 30.6 Å². The molecule has 1 aliphatic carbocycles. The monoisotopic (exact) mass is 403 g/mol. The highest BCUT2D eigenvalue weighted by Crippen LogP contribution is 2.52. The van der Waals surface area contributed by atoms with Gasteiger partial charge >= 0.3 is 23.5 Å². The Hall–Kier alpha value is -0.650. The molecule has 0 N–H and O–H groups in total. The minimum Gasteiger partial charge on any atom is -0.206 e. The quantitative estimate of drug-likeness (QED) is 0.649. The van der Waals surface area contributed by atoms with E-state index in [-0.39, 0.29) is 23.1 Å². The number of piperidine rings is 1. The standard InChI is InChI=1S/C13H17F8NO2S/c14-10(15)11(16,17)12(18,19)13(20,21)25(23,24)22-7-3-5-8-4-1-2-6-9(8)22/h8-10H,1-7H2. The van der Waals surface area contributed by atoms with Crippen LogP contribution in [-0.2, 0) is 10.0 Å². The molecule has 25 heavy (non-hydrogen) atoms. The summed E-state index contributed by atoms with van der Waals surface area (Å²) in [7, 11) is -6.27. The molecular weight excluding hydrogens is 386 g/mol. The second-order valence-corrected chi connectivity index (χ2v) is 8.32. The largest absolute Gasteiger partial charge is 0.427 e. The van der Waals surface area contributed by atoms with Crippen molar-refractivity contribution in [3.63, 3.8) is 0 Å². The number of rotatable bonds is 5. The first-order chi connectivity index (χ1) is 11.3. The molecule has 0 aromatic carbocycles. The number of sulfonamides is 1. The van der Waals surface area contributed by atoms with Gasteiger partial charge in [0, 0.05) is 12.6 Å². The fourth-order valence-electron chi connectivity index (χ4n) is 3.52. The SMILES string of the molecule is O=S(=O)(N1CCCC2CCCCC21)C(F)(F)C(F)(F)C(F)(F)C(F)F. The van der Waals surface area contributed by atoms with Gasteiger partial charge in [0.25, 0.3) is 10.0 Å². The molecular formula is C13H17F8NO2S. The van der Waals surface area contributed by atoms with E-state index in [1.165, 1.54) is 0 Å². The predicted octanol–water partition coefficient (Wildman–Crippen LogP) is 4.10. The van der Waals surface area contributed by atoms with Crippen LogP contribution in [0.2, 0.25) is 0 Å². The lowest BCUT2D eigenvalue weighted by Crippen LogP contribution is -2.65. The van der Waals surface area contributed by atoms with E-state index in [2.05, 4.69) is 0 Å². The summed E-state index contributed by atoms with van der Waals surface area (Å²) in [6, 6.07) is -1.01. The Balaban J connectivity index is 2.42. The molecule has 148 valence electrons. The Bertz CT molecular complexity index is 593. The number of hydrogen-bond donors (Lipinski definition) is 0. The maximum Gasteiger partial charge on any atom is 0.427 e. The summed E-state index contributed by atoms with van der Waals surface area (Å²) in [6.07, 6.45) is -2.71. The predicted molar refractivity (Wildman–Crippen MR) is 71.5 cm³/mol. The maximum atomic E-state index is 14.0.